The second-order valence-electron chi connectivity index (χ2n) is 22.0. The van der Waals surface area contributed by atoms with E-state index in [0.29, 0.717) is 50.2 Å². The number of ketones is 1. The SMILES string of the molecule is CCCCCCCCCC(CCCCCCCCC)COC(=O)CCCCCCCNC1(C(=O)CN2CCN(C)CC2)CC(CC(=O)OCC(CCCCCCCC)CCCCCCCC)C1. The predicted molar refractivity (Wildman–Crippen MR) is 285 cm³/mol. The Balaban J connectivity index is 1.76. The van der Waals surface area contributed by atoms with Crippen molar-refractivity contribution in [2.24, 2.45) is 17.8 Å². The fourth-order valence-electron chi connectivity index (χ4n) is 10.8. The van der Waals surface area contributed by atoms with Crippen molar-refractivity contribution in [1.29, 1.82) is 0 Å². The van der Waals surface area contributed by atoms with Crippen molar-refractivity contribution in [3.05, 3.63) is 0 Å². The third-order valence-corrected chi connectivity index (χ3v) is 15.6. The molecule has 1 N–H and O–H groups in total. The number of rotatable bonds is 48. The van der Waals surface area contributed by atoms with E-state index in [1.807, 2.05) is 0 Å². The molecule has 0 aromatic carbocycles. The van der Waals surface area contributed by atoms with Crippen molar-refractivity contribution in [2.75, 3.05) is 59.5 Å². The molecule has 0 unspecified atom stereocenters. The molecule has 67 heavy (non-hydrogen) atoms. The normalized spacial score (nSPS) is 17.9. The lowest BCUT2D eigenvalue weighted by Crippen LogP contribution is -2.64. The minimum absolute atomic E-state index is 0.0174. The maximum absolute atomic E-state index is 14.0. The van der Waals surface area contributed by atoms with Gasteiger partial charge in [0.1, 0.15) is 0 Å². The van der Waals surface area contributed by atoms with E-state index in [4.69, 9.17) is 9.47 Å². The first-order valence-electron chi connectivity index (χ1n) is 29.8. The molecule has 0 atom stereocenters. The molecule has 8 nitrogen and oxygen atoms in total. The molecule has 8 heteroatoms. The number of ether oxygens (including phenoxy) is 2. The number of carbonyl (C=O) groups excluding carboxylic acids is 3. The number of nitrogens with one attached hydrogen (secondary N) is 1. The summed E-state index contributed by atoms with van der Waals surface area (Å²) < 4.78 is 11.9. The third kappa shape index (κ3) is 32.2. The molecule has 0 spiro atoms. The summed E-state index contributed by atoms with van der Waals surface area (Å²) in [5.41, 5.74) is -0.530. The molecule has 1 aliphatic carbocycles. The van der Waals surface area contributed by atoms with Crippen molar-refractivity contribution >= 4 is 17.7 Å². The molecule has 0 radical (unpaired) electrons. The van der Waals surface area contributed by atoms with E-state index in [-0.39, 0.29) is 17.9 Å². The van der Waals surface area contributed by atoms with Crippen LogP contribution >= 0.6 is 0 Å². The average molecular weight is 945 g/mol. The molecular weight excluding hydrogens is 831 g/mol. The van der Waals surface area contributed by atoms with Gasteiger partial charge in [-0.05, 0) is 82.7 Å². The summed E-state index contributed by atoms with van der Waals surface area (Å²) in [7, 11) is 2.15. The molecule has 1 aliphatic heterocycles. The van der Waals surface area contributed by atoms with Gasteiger partial charge in [0.2, 0.25) is 0 Å². The second kappa shape index (κ2) is 42.2. The maximum atomic E-state index is 14.0. The van der Waals surface area contributed by atoms with Gasteiger partial charge in [-0.1, -0.05) is 214 Å². The van der Waals surface area contributed by atoms with Crippen molar-refractivity contribution in [3.63, 3.8) is 0 Å². The summed E-state index contributed by atoms with van der Waals surface area (Å²) in [6.07, 6.45) is 46.4. The zero-order valence-electron chi connectivity index (χ0n) is 45.4. The van der Waals surface area contributed by atoms with Gasteiger partial charge in [0, 0.05) is 39.0 Å². The highest BCUT2D eigenvalue weighted by Crippen LogP contribution is 2.41. The number of piperazine rings is 1. The summed E-state index contributed by atoms with van der Waals surface area (Å²) >= 11 is 0. The lowest BCUT2D eigenvalue weighted by atomic mass is 9.64. The summed E-state index contributed by atoms with van der Waals surface area (Å²) in [5.74, 6) is 1.38. The quantitative estimate of drug-likeness (QED) is 0.0477. The molecule has 0 amide bonds. The molecule has 2 fully saturated rings. The van der Waals surface area contributed by atoms with E-state index in [1.165, 1.54) is 180 Å². The maximum Gasteiger partial charge on any atom is 0.306 e. The van der Waals surface area contributed by atoms with Gasteiger partial charge in [0.25, 0.3) is 0 Å². The van der Waals surface area contributed by atoms with Gasteiger partial charge in [-0.2, -0.15) is 0 Å². The zero-order chi connectivity index (χ0) is 48.5. The fraction of sp³-hybridized carbons (Fsp3) is 0.949. The van der Waals surface area contributed by atoms with Gasteiger partial charge in [-0.3, -0.25) is 19.3 Å². The molecule has 1 saturated heterocycles. The lowest BCUT2D eigenvalue weighted by molar-refractivity contribution is -0.149. The smallest absolute Gasteiger partial charge is 0.306 e. The van der Waals surface area contributed by atoms with Crippen LogP contribution in [0.25, 0.3) is 0 Å². The Morgan fingerprint density at radius 2 is 0.866 bits per heavy atom. The largest absolute Gasteiger partial charge is 0.465 e. The summed E-state index contributed by atoms with van der Waals surface area (Å²) in [6, 6.07) is 0. The van der Waals surface area contributed by atoms with Crippen LogP contribution in [-0.4, -0.2) is 92.6 Å². The van der Waals surface area contributed by atoms with Crippen LogP contribution in [0.15, 0.2) is 0 Å². The average Bonchev–Trinajstić information content (AvgIpc) is 3.31. The van der Waals surface area contributed by atoms with Gasteiger partial charge in [0.15, 0.2) is 5.78 Å². The summed E-state index contributed by atoms with van der Waals surface area (Å²) in [5, 5.41) is 3.75. The first-order chi connectivity index (χ1) is 32.7. The molecule has 394 valence electrons. The first-order valence-corrected chi connectivity index (χ1v) is 29.8. The predicted octanol–water partition coefficient (Wildman–Crippen LogP) is 15.4. The number of carbonyl (C=O) groups is 3. The zero-order valence-corrected chi connectivity index (χ0v) is 45.4. The van der Waals surface area contributed by atoms with Gasteiger partial charge in [0.05, 0.1) is 25.3 Å². The topological polar surface area (TPSA) is 88.2 Å². The van der Waals surface area contributed by atoms with E-state index in [0.717, 1.165) is 90.5 Å². The van der Waals surface area contributed by atoms with Crippen LogP contribution in [0.4, 0.5) is 0 Å². The summed E-state index contributed by atoms with van der Waals surface area (Å²) in [6.45, 7) is 15.4. The Kier molecular flexibility index (Phi) is 38.8. The van der Waals surface area contributed by atoms with Gasteiger partial charge in [-0.25, -0.2) is 0 Å². The molecule has 1 heterocycles. The standard InChI is InChI=1S/C59H113N3O5/c1-6-10-14-18-22-27-33-37-53(38-34-28-23-19-15-11-7-2)51-66-57(64)41-35-29-24-30-36-42-60-59(56(63)50-62-45-43-61(5)44-46-62)48-55(49-59)47-58(65)67-52-54(39-31-25-20-16-12-8-3)40-32-26-21-17-13-9-4/h53-55,60H,6-52H2,1-5H3. The van der Waals surface area contributed by atoms with Crippen LogP contribution in [0, 0.1) is 17.8 Å². The Labute approximate surface area is 416 Å². The monoisotopic (exact) mass is 944 g/mol. The number of hydrogen-bond donors (Lipinski definition) is 1. The minimum Gasteiger partial charge on any atom is -0.465 e. The number of esters is 2. The lowest BCUT2D eigenvalue weighted by Gasteiger charge is -2.48. The van der Waals surface area contributed by atoms with Crippen LogP contribution in [0.5, 0.6) is 0 Å². The molecular formula is C59H113N3O5. The fourth-order valence-corrected chi connectivity index (χ4v) is 10.8. The highest BCUT2D eigenvalue weighted by Gasteiger charge is 2.50. The van der Waals surface area contributed by atoms with E-state index < -0.39 is 5.54 Å². The second-order valence-corrected chi connectivity index (χ2v) is 22.0. The van der Waals surface area contributed by atoms with Crippen LogP contribution in [0.3, 0.4) is 0 Å². The van der Waals surface area contributed by atoms with Crippen LogP contribution in [0.2, 0.25) is 0 Å². The van der Waals surface area contributed by atoms with Crippen molar-refractivity contribution < 1.29 is 23.9 Å². The number of likely N-dealkylation sites (N-methyl/N-ethyl adjacent to an activating group) is 1. The highest BCUT2D eigenvalue weighted by molar-refractivity contribution is 5.91. The van der Waals surface area contributed by atoms with Gasteiger partial charge >= 0.3 is 11.9 Å². The summed E-state index contributed by atoms with van der Waals surface area (Å²) in [4.78, 5) is 44.8. The van der Waals surface area contributed by atoms with Crippen LogP contribution < -0.4 is 5.32 Å². The molecule has 2 aliphatic rings. The van der Waals surface area contributed by atoms with Gasteiger partial charge < -0.3 is 19.7 Å². The Morgan fingerprint density at radius 3 is 1.30 bits per heavy atom. The molecule has 0 aromatic rings. The molecule has 0 bridgehead atoms. The number of hydrogen-bond acceptors (Lipinski definition) is 8. The Morgan fingerprint density at radius 1 is 0.493 bits per heavy atom. The van der Waals surface area contributed by atoms with Crippen LogP contribution in [0.1, 0.15) is 278 Å². The van der Waals surface area contributed by atoms with E-state index in [1.54, 1.807) is 0 Å². The third-order valence-electron chi connectivity index (χ3n) is 15.6. The van der Waals surface area contributed by atoms with Gasteiger partial charge in [-0.15, -0.1) is 0 Å². The van der Waals surface area contributed by atoms with Crippen molar-refractivity contribution in [1.82, 2.24) is 15.1 Å². The number of nitrogens with zero attached hydrogens (tertiary/aromatic N) is 2. The minimum atomic E-state index is -0.530. The molecule has 1 saturated carbocycles. The van der Waals surface area contributed by atoms with Crippen molar-refractivity contribution in [3.8, 4) is 0 Å². The number of Topliss-reactive ketones (excluding diaryl/α,β-unsaturated/α-hetero) is 1. The van der Waals surface area contributed by atoms with E-state index >= 15 is 0 Å². The number of unbranched alkanes of at least 4 members (excludes halogenated alkanes) is 26. The molecule has 0 aromatic heterocycles. The van der Waals surface area contributed by atoms with E-state index in [2.05, 4.69) is 49.9 Å². The molecule has 2 rings (SSSR count). The van der Waals surface area contributed by atoms with Crippen LogP contribution in [-0.2, 0) is 23.9 Å². The first kappa shape index (κ1) is 61.6. The van der Waals surface area contributed by atoms with Crippen molar-refractivity contribution in [2.45, 2.75) is 284 Å². The Hall–Kier alpha value is -1.51. The van der Waals surface area contributed by atoms with E-state index in [9.17, 15) is 14.4 Å². The Bertz CT molecular complexity index is 1130. The highest BCUT2D eigenvalue weighted by atomic mass is 16.5.